The van der Waals surface area contributed by atoms with Crippen LogP contribution in [0.1, 0.15) is 41.6 Å². The molecule has 4 rings (SSSR count). The van der Waals surface area contributed by atoms with E-state index in [1.807, 2.05) is 11.9 Å². The summed E-state index contributed by atoms with van der Waals surface area (Å²) in [5.41, 5.74) is 12.7. The minimum absolute atomic E-state index is 0.168. The molecule has 4 heteroatoms. The summed E-state index contributed by atoms with van der Waals surface area (Å²) in [6.45, 7) is 7.81. The molecule has 3 nitrogen and oxygen atoms in total. The third-order valence-corrected chi connectivity index (χ3v) is 6.31. The number of benzene rings is 2. The Labute approximate surface area is 172 Å². The number of hydrogen-bond donors (Lipinski definition) is 1. The lowest BCUT2D eigenvalue weighted by Gasteiger charge is -2.25. The smallest absolute Gasteiger partial charge is 0.0778 e. The van der Waals surface area contributed by atoms with Gasteiger partial charge < -0.3 is 4.74 Å². The summed E-state index contributed by atoms with van der Waals surface area (Å²) in [4.78, 5) is 0. The quantitative estimate of drug-likeness (QED) is 0.670. The normalized spacial score (nSPS) is 20.8. The molecule has 1 unspecified atom stereocenters. The van der Waals surface area contributed by atoms with Crippen LogP contribution < -0.4 is 5.43 Å². The van der Waals surface area contributed by atoms with Gasteiger partial charge in [0.1, 0.15) is 0 Å². The molecule has 0 aromatic heterocycles. The van der Waals surface area contributed by atoms with Gasteiger partial charge in [0.15, 0.2) is 0 Å². The fraction of sp³-hybridized carbons (Fsp3) is 0.333. The van der Waals surface area contributed by atoms with Crippen LogP contribution in [0.25, 0.3) is 6.08 Å². The Balaban J connectivity index is 1.72. The Kier molecular flexibility index (Phi) is 5.90. The highest BCUT2D eigenvalue weighted by Gasteiger charge is 2.36. The summed E-state index contributed by atoms with van der Waals surface area (Å²) in [5, 5.41) is 0. The van der Waals surface area contributed by atoms with Crippen LogP contribution in [-0.4, -0.2) is 23.4 Å². The molecule has 0 bridgehead atoms. The number of aryl methyl sites for hydroxylation is 2. The van der Waals surface area contributed by atoms with Gasteiger partial charge in [0.25, 0.3) is 0 Å². The van der Waals surface area contributed by atoms with E-state index in [1.165, 1.54) is 39.1 Å². The van der Waals surface area contributed by atoms with Crippen molar-refractivity contribution in [3.05, 3.63) is 87.6 Å². The second kappa shape index (κ2) is 8.56. The second-order valence-electron chi connectivity index (χ2n) is 7.55. The zero-order valence-corrected chi connectivity index (χ0v) is 17.7. The second-order valence-corrected chi connectivity index (χ2v) is 8.58. The third kappa shape index (κ3) is 4.04. The average molecular weight is 393 g/mol. The molecular formula is C24H28N2OS. The molecular weight excluding hydrogens is 364 g/mol. The van der Waals surface area contributed by atoms with Crippen molar-refractivity contribution in [2.75, 3.05) is 19.0 Å². The Morgan fingerprint density at radius 3 is 2.39 bits per heavy atom. The Morgan fingerprint density at radius 2 is 1.71 bits per heavy atom. The van der Waals surface area contributed by atoms with Crippen LogP contribution in [0.5, 0.6) is 0 Å². The molecule has 2 aliphatic rings. The lowest BCUT2D eigenvalue weighted by atomic mass is 9.94. The van der Waals surface area contributed by atoms with Gasteiger partial charge in [-0.15, -0.1) is 0 Å². The lowest BCUT2D eigenvalue weighted by molar-refractivity contribution is 0.169. The largest absolute Gasteiger partial charge is 0.372 e. The van der Waals surface area contributed by atoms with Gasteiger partial charge in [-0.1, -0.05) is 66.6 Å². The third-order valence-electron chi connectivity index (χ3n) is 5.17. The van der Waals surface area contributed by atoms with Crippen LogP contribution in [0.2, 0.25) is 0 Å². The highest BCUT2D eigenvalue weighted by atomic mass is 32.2. The van der Waals surface area contributed by atoms with Crippen LogP contribution in [-0.2, 0) is 4.74 Å². The van der Waals surface area contributed by atoms with Crippen molar-refractivity contribution in [1.82, 2.24) is 9.84 Å². The van der Waals surface area contributed by atoms with E-state index >= 15 is 0 Å². The maximum Gasteiger partial charge on any atom is 0.0778 e. The van der Waals surface area contributed by atoms with Crippen LogP contribution in [0, 0.1) is 13.8 Å². The van der Waals surface area contributed by atoms with Gasteiger partial charge in [0.05, 0.1) is 25.0 Å². The maximum absolute atomic E-state index is 6.02. The van der Waals surface area contributed by atoms with Gasteiger partial charge in [-0.2, -0.15) is 0 Å². The number of hydrazine groups is 1. The molecule has 28 heavy (non-hydrogen) atoms. The van der Waals surface area contributed by atoms with Gasteiger partial charge in [0.2, 0.25) is 0 Å². The molecule has 1 atom stereocenters. The van der Waals surface area contributed by atoms with Crippen molar-refractivity contribution in [2.45, 2.75) is 33.2 Å². The van der Waals surface area contributed by atoms with Gasteiger partial charge in [-0.05, 0) is 49.4 Å². The zero-order valence-electron chi connectivity index (χ0n) is 16.9. The van der Waals surface area contributed by atoms with E-state index in [9.17, 15) is 0 Å². The summed E-state index contributed by atoms with van der Waals surface area (Å²) in [6, 6.07) is 17.7. The van der Waals surface area contributed by atoms with Crippen LogP contribution in [0.15, 0.2) is 65.4 Å². The van der Waals surface area contributed by atoms with Crippen LogP contribution >= 0.6 is 11.9 Å². The van der Waals surface area contributed by atoms with Gasteiger partial charge >= 0.3 is 0 Å². The standard InChI is InChI=1S/C24H28N2OS/c1-4-13-28-26-24-21(14-19-9-5-17(2)6-10-19)15-27-16-22(24)23(25-26)20-11-7-18(3)8-12-20/h5-12,14,23,25H,4,13,15-16H2,1-3H3. The fourth-order valence-corrected chi connectivity index (χ4v) is 4.56. The summed E-state index contributed by atoms with van der Waals surface area (Å²) < 4.78 is 8.30. The number of hydrogen-bond acceptors (Lipinski definition) is 4. The molecule has 0 spiro atoms. The molecule has 0 fully saturated rings. The topological polar surface area (TPSA) is 24.5 Å². The van der Waals surface area contributed by atoms with E-state index in [0.717, 1.165) is 12.2 Å². The van der Waals surface area contributed by atoms with Crippen molar-refractivity contribution in [3.8, 4) is 0 Å². The van der Waals surface area contributed by atoms with Gasteiger partial charge in [0, 0.05) is 16.9 Å². The van der Waals surface area contributed by atoms with Crippen molar-refractivity contribution >= 4 is 18.0 Å². The van der Waals surface area contributed by atoms with E-state index in [1.54, 1.807) is 0 Å². The van der Waals surface area contributed by atoms with Crippen LogP contribution in [0.4, 0.5) is 0 Å². The molecule has 0 saturated heterocycles. The van der Waals surface area contributed by atoms with Gasteiger partial charge in [-0.25, -0.2) is 9.84 Å². The molecule has 2 aromatic carbocycles. The van der Waals surface area contributed by atoms with Crippen molar-refractivity contribution in [2.24, 2.45) is 0 Å². The summed E-state index contributed by atoms with van der Waals surface area (Å²) in [6.07, 6.45) is 3.42. The Hall–Kier alpha value is -2.01. The highest BCUT2D eigenvalue weighted by Crippen LogP contribution is 2.41. The maximum atomic E-state index is 6.02. The summed E-state index contributed by atoms with van der Waals surface area (Å²) in [5.74, 6) is 1.09. The van der Waals surface area contributed by atoms with Crippen LogP contribution in [0.3, 0.4) is 0 Å². The number of ether oxygens (including phenoxy) is 1. The first-order valence-corrected chi connectivity index (χ1v) is 10.9. The summed E-state index contributed by atoms with van der Waals surface area (Å²) >= 11 is 1.86. The zero-order chi connectivity index (χ0) is 19.5. The highest BCUT2D eigenvalue weighted by molar-refractivity contribution is 7.97. The SMILES string of the molecule is CCCSN1NC(c2ccc(C)cc2)C2=C1C(=Cc1ccc(C)cc1)COC2. The molecule has 146 valence electrons. The van der Waals surface area contributed by atoms with Crippen molar-refractivity contribution in [3.63, 3.8) is 0 Å². The lowest BCUT2D eigenvalue weighted by Crippen LogP contribution is -2.29. The minimum Gasteiger partial charge on any atom is -0.372 e. The molecule has 0 radical (unpaired) electrons. The molecule has 2 aliphatic heterocycles. The first-order valence-electron chi connectivity index (χ1n) is 10.00. The molecule has 0 amide bonds. The molecule has 1 N–H and O–H groups in total. The molecule has 0 aliphatic carbocycles. The first kappa shape index (κ1) is 19.3. The van der Waals surface area contributed by atoms with Crippen molar-refractivity contribution in [1.29, 1.82) is 0 Å². The predicted molar refractivity (Wildman–Crippen MR) is 119 cm³/mol. The fourth-order valence-electron chi connectivity index (χ4n) is 3.65. The van der Waals surface area contributed by atoms with E-state index in [2.05, 4.69) is 85.2 Å². The van der Waals surface area contributed by atoms with E-state index in [-0.39, 0.29) is 6.04 Å². The Morgan fingerprint density at radius 1 is 1.04 bits per heavy atom. The van der Waals surface area contributed by atoms with Gasteiger partial charge in [-0.3, -0.25) is 0 Å². The minimum atomic E-state index is 0.168. The monoisotopic (exact) mass is 392 g/mol. The first-order chi connectivity index (χ1) is 13.7. The molecule has 0 saturated carbocycles. The predicted octanol–water partition coefficient (Wildman–Crippen LogP) is 5.59. The molecule has 2 aromatic rings. The average Bonchev–Trinajstić information content (AvgIpc) is 3.08. The van der Waals surface area contributed by atoms with E-state index in [4.69, 9.17) is 4.74 Å². The number of nitrogens with zero attached hydrogens (tertiary/aromatic N) is 1. The van der Waals surface area contributed by atoms with E-state index < -0.39 is 0 Å². The summed E-state index contributed by atoms with van der Waals surface area (Å²) in [7, 11) is 0. The number of rotatable bonds is 5. The Bertz CT molecular complexity index is 884. The van der Waals surface area contributed by atoms with Crippen molar-refractivity contribution < 1.29 is 4.74 Å². The number of nitrogens with one attached hydrogen (secondary N) is 1. The molecule has 2 heterocycles. The van der Waals surface area contributed by atoms with E-state index in [0.29, 0.717) is 13.2 Å².